The molecular formula is C39H51N5O10. The summed E-state index contributed by atoms with van der Waals surface area (Å²) >= 11 is 0. The first kappa shape index (κ1) is 41.6. The summed E-state index contributed by atoms with van der Waals surface area (Å²) in [6.45, 7) is 14.7. The van der Waals surface area contributed by atoms with Crippen LogP contribution in [0.5, 0.6) is 0 Å². The number of aliphatic carboxylic acids is 1. The standard InChI is InChI=1S/C23H22N4O5.C16H29NO5/c1-14-10-15(12-24)11-19-21(14)32-22(26-19)16-2-4-17(5-3-16)25-20(28)13-31-18-6-8-27(9-7-18)23(29)30;1-15(2,3)12(13(18)19)21-11-7-9-17(10-8-11)14(20)22-16(4,5)6/h2-5,10-11,18H,6-9,13H2,1H3,(H,25,28)(H,29,30);11-12H,7-10H2,1-6H3,(H,18,19). The summed E-state index contributed by atoms with van der Waals surface area (Å²) in [7, 11) is 0. The number of amides is 3. The number of carbonyl (C=O) groups is 4. The molecule has 15 nitrogen and oxygen atoms in total. The van der Waals surface area contributed by atoms with Gasteiger partial charge in [-0.1, -0.05) is 20.8 Å². The molecule has 2 aliphatic rings. The maximum atomic E-state index is 12.2. The van der Waals surface area contributed by atoms with Crippen molar-refractivity contribution < 1.29 is 48.0 Å². The Morgan fingerprint density at radius 3 is 2.07 bits per heavy atom. The molecule has 2 fully saturated rings. The highest BCUT2D eigenvalue weighted by atomic mass is 16.6. The fourth-order valence-electron chi connectivity index (χ4n) is 6.01. The van der Waals surface area contributed by atoms with Crippen molar-refractivity contribution in [3.63, 3.8) is 0 Å². The maximum absolute atomic E-state index is 12.2. The van der Waals surface area contributed by atoms with Crippen molar-refractivity contribution in [2.75, 3.05) is 38.1 Å². The highest BCUT2D eigenvalue weighted by Crippen LogP contribution is 2.29. The van der Waals surface area contributed by atoms with Crippen LogP contribution in [0.2, 0.25) is 0 Å². The van der Waals surface area contributed by atoms with E-state index in [1.54, 1.807) is 41.3 Å². The fourth-order valence-corrected chi connectivity index (χ4v) is 6.01. The highest BCUT2D eigenvalue weighted by molar-refractivity contribution is 5.92. The average Bonchev–Trinajstić information content (AvgIpc) is 3.54. The number of rotatable bonds is 8. The quantitative estimate of drug-likeness (QED) is 0.221. The number of nitrogens with one attached hydrogen (secondary N) is 1. The van der Waals surface area contributed by atoms with E-state index in [-0.39, 0.29) is 30.8 Å². The van der Waals surface area contributed by atoms with Crippen LogP contribution in [0.25, 0.3) is 22.6 Å². The molecule has 3 aromatic rings. The number of nitrogens with zero attached hydrogens (tertiary/aromatic N) is 4. The van der Waals surface area contributed by atoms with Crippen LogP contribution in [-0.4, -0.2) is 106 Å². The zero-order valence-electron chi connectivity index (χ0n) is 32.0. The number of carbonyl (C=O) groups excluding carboxylic acids is 2. The van der Waals surface area contributed by atoms with E-state index in [2.05, 4.69) is 16.4 Å². The Morgan fingerprint density at radius 2 is 1.54 bits per heavy atom. The van der Waals surface area contributed by atoms with Crippen molar-refractivity contribution in [3.8, 4) is 17.5 Å². The van der Waals surface area contributed by atoms with Gasteiger partial charge >= 0.3 is 18.2 Å². The molecule has 0 radical (unpaired) electrons. The van der Waals surface area contributed by atoms with E-state index in [1.165, 1.54) is 4.90 Å². The van der Waals surface area contributed by atoms with Crippen LogP contribution in [0.1, 0.15) is 78.4 Å². The molecule has 0 bridgehead atoms. The third-order valence-electron chi connectivity index (χ3n) is 8.82. The number of oxazole rings is 1. The van der Waals surface area contributed by atoms with Gasteiger partial charge in [-0.2, -0.15) is 5.26 Å². The van der Waals surface area contributed by atoms with Gasteiger partial charge in [0.1, 0.15) is 17.7 Å². The predicted octanol–water partition coefficient (Wildman–Crippen LogP) is 6.67. The van der Waals surface area contributed by atoms with Crippen molar-refractivity contribution in [2.45, 2.75) is 98.1 Å². The summed E-state index contributed by atoms with van der Waals surface area (Å²) in [4.78, 5) is 53.9. The summed E-state index contributed by atoms with van der Waals surface area (Å²) in [5.41, 5.74) is 3.03. The molecule has 3 amide bonds. The van der Waals surface area contributed by atoms with E-state index < -0.39 is 29.2 Å². The zero-order chi connectivity index (χ0) is 39.8. The number of hydrogen-bond donors (Lipinski definition) is 3. The summed E-state index contributed by atoms with van der Waals surface area (Å²) in [6.07, 6.45) is 0.0500. The van der Waals surface area contributed by atoms with Crippen molar-refractivity contribution in [1.29, 1.82) is 5.26 Å². The molecule has 1 aromatic heterocycles. The minimum Gasteiger partial charge on any atom is -0.479 e. The second kappa shape index (κ2) is 17.7. The van der Waals surface area contributed by atoms with Gasteiger partial charge in [0.05, 0.1) is 23.8 Å². The smallest absolute Gasteiger partial charge is 0.410 e. The van der Waals surface area contributed by atoms with E-state index in [4.69, 9.17) is 29.0 Å². The number of nitriles is 1. The Balaban J connectivity index is 0.000000260. The number of aromatic nitrogens is 1. The second-order valence-electron chi connectivity index (χ2n) is 15.6. The number of carboxylic acids is 1. The number of aryl methyl sites for hydroxylation is 1. The zero-order valence-corrected chi connectivity index (χ0v) is 32.0. The van der Waals surface area contributed by atoms with Gasteiger partial charge in [0.15, 0.2) is 11.7 Å². The van der Waals surface area contributed by atoms with Crippen molar-refractivity contribution >= 4 is 40.9 Å². The number of fused-ring (bicyclic) bond motifs is 1. The van der Waals surface area contributed by atoms with E-state index in [0.29, 0.717) is 80.1 Å². The summed E-state index contributed by atoms with van der Waals surface area (Å²) in [5, 5.41) is 30.2. The molecule has 292 valence electrons. The number of piperidine rings is 2. The molecule has 2 aromatic carbocycles. The highest BCUT2D eigenvalue weighted by Gasteiger charge is 2.36. The van der Waals surface area contributed by atoms with Gasteiger partial charge in [0, 0.05) is 37.4 Å². The lowest BCUT2D eigenvalue weighted by Crippen LogP contribution is -2.46. The number of likely N-dealkylation sites (tertiary alicyclic amines) is 2. The third-order valence-corrected chi connectivity index (χ3v) is 8.82. The Hall–Kier alpha value is -5.20. The molecule has 0 spiro atoms. The lowest BCUT2D eigenvalue weighted by Gasteiger charge is -2.36. The minimum atomic E-state index is -0.943. The number of hydrogen-bond acceptors (Lipinski definition) is 10. The largest absolute Gasteiger partial charge is 0.479 e. The minimum absolute atomic E-state index is 0.0921. The fraction of sp³-hybridized carbons (Fsp3) is 0.538. The first-order chi connectivity index (χ1) is 25.3. The third kappa shape index (κ3) is 11.9. The Bertz CT molecular complexity index is 1820. The number of ether oxygens (including phenoxy) is 3. The molecule has 2 saturated heterocycles. The molecule has 3 N–H and O–H groups in total. The molecule has 2 aliphatic heterocycles. The molecule has 0 saturated carbocycles. The van der Waals surface area contributed by atoms with Gasteiger partial charge in [-0.05, 0) is 101 Å². The van der Waals surface area contributed by atoms with Crippen LogP contribution in [0.3, 0.4) is 0 Å². The topological polar surface area (TPSA) is 205 Å². The number of carboxylic acid groups (broad SMARTS) is 2. The molecule has 1 atom stereocenters. The molecule has 1 unspecified atom stereocenters. The van der Waals surface area contributed by atoms with Gasteiger partial charge in [-0.25, -0.2) is 19.4 Å². The van der Waals surface area contributed by atoms with E-state index in [1.807, 2.05) is 48.5 Å². The molecule has 3 heterocycles. The van der Waals surface area contributed by atoms with Crippen molar-refractivity contribution in [1.82, 2.24) is 14.8 Å². The van der Waals surface area contributed by atoms with Crippen molar-refractivity contribution in [2.24, 2.45) is 5.41 Å². The number of benzene rings is 2. The van der Waals surface area contributed by atoms with Crippen LogP contribution in [-0.2, 0) is 23.8 Å². The van der Waals surface area contributed by atoms with Crippen LogP contribution in [0.15, 0.2) is 40.8 Å². The van der Waals surface area contributed by atoms with Crippen LogP contribution < -0.4 is 5.32 Å². The Labute approximate surface area is 315 Å². The first-order valence-corrected chi connectivity index (χ1v) is 18.0. The van der Waals surface area contributed by atoms with Gasteiger partial charge in [-0.15, -0.1) is 0 Å². The molecule has 54 heavy (non-hydrogen) atoms. The lowest BCUT2D eigenvalue weighted by molar-refractivity contribution is -0.166. The van der Waals surface area contributed by atoms with Gasteiger partial charge in [-0.3, -0.25) is 4.79 Å². The van der Waals surface area contributed by atoms with Gasteiger partial charge < -0.3 is 44.0 Å². The monoisotopic (exact) mass is 749 g/mol. The van der Waals surface area contributed by atoms with Gasteiger partial charge in [0.25, 0.3) is 0 Å². The van der Waals surface area contributed by atoms with Crippen LogP contribution >= 0.6 is 0 Å². The lowest BCUT2D eigenvalue weighted by atomic mass is 9.88. The molecule has 15 heteroatoms. The summed E-state index contributed by atoms with van der Waals surface area (Å²) in [5.74, 6) is -0.783. The SMILES string of the molecule is CC(C)(C)OC(=O)N1CCC(OC(C(=O)O)C(C)(C)C)CC1.Cc1cc(C#N)cc2nc(-c3ccc(NC(=O)COC4CCN(C(=O)O)CC4)cc3)oc12. The number of anilines is 1. The normalized spacial score (nSPS) is 16.2. The Kier molecular flexibility index (Phi) is 13.7. The van der Waals surface area contributed by atoms with Gasteiger partial charge in [0.2, 0.25) is 11.8 Å². The molecular weight excluding hydrogens is 698 g/mol. The summed E-state index contributed by atoms with van der Waals surface area (Å²) < 4.78 is 22.6. The average molecular weight is 750 g/mol. The second-order valence-corrected chi connectivity index (χ2v) is 15.6. The predicted molar refractivity (Wildman–Crippen MR) is 199 cm³/mol. The van der Waals surface area contributed by atoms with E-state index >= 15 is 0 Å². The van der Waals surface area contributed by atoms with Crippen molar-refractivity contribution in [3.05, 3.63) is 47.5 Å². The molecule has 5 rings (SSSR count). The van der Waals surface area contributed by atoms with Crippen LogP contribution in [0, 0.1) is 23.7 Å². The first-order valence-electron chi connectivity index (χ1n) is 18.0. The van der Waals surface area contributed by atoms with E-state index in [9.17, 15) is 24.3 Å². The summed E-state index contributed by atoms with van der Waals surface area (Å²) in [6, 6.07) is 12.7. The Morgan fingerprint density at radius 1 is 0.944 bits per heavy atom. The van der Waals surface area contributed by atoms with Crippen LogP contribution in [0.4, 0.5) is 15.3 Å². The van der Waals surface area contributed by atoms with E-state index in [0.717, 1.165) is 11.1 Å². The molecule has 0 aliphatic carbocycles. The maximum Gasteiger partial charge on any atom is 0.410 e.